The molecule has 0 aromatic heterocycles. The maximum absolute atomic E-state index is 14.3. The molecule has 0 unspecified atom stereocenters. The van der Waals surface area contributed by atoms with Gasteiger partial charge in [-0.3, -0.25) is 0 Å². The minimum atomic E-state index is -1.17. The molecular weight excluding hydrogens is 471 g/mol. The first-order chi connectivity index (χ1) is 17.8. The first-order valence-corrected chi connectivity index (χ1v) is 11.9. The van der Waals surface area contributed by atoms with Gasteiger partial charge in [-0.2, -0.15) is 0 Å². The summed E-state index contributed by atoms with van der Waals surface area (Å²) in [6, 6.07) is 23.7. The van der Waals surface area contributed by atoms with Gasteiger partial charge >= 0.3 is 12.0 Å². The smallest absolute Gasteiger partial charge is 0.336 e. The Hall–Kier alpha value is -4.65. The summed E-state index contributed by atoms with van der Waals surface area (Å²) < 4.78 is 20.5. The maximum Gasteiger partial charge on any atom is 0.336 e. The number of anilines is 2. The number of halogens is 1. The molecule has 4 aromatic rings. The van der Waals surface area contributed by atoms with E-state index in [1.165, 1.54) is 12.1 Å². The number of carbonyl (C=O) groups excluding carboxylic acids is 1. The Morgan fingerprint density at radius 1 is 0.919 bits per heavy atom. The summed E-state index contributed by atoms with van der Waals surface area (Å²) >= 11 is 0. The minimum absolute atomic E-state index is 0.0420. The molecule has 2 atom stereocenters. The van der Waals surface area contributed by atoms with E-state index in [0.29, 0.717) is 22.7 Å². The number of ether oxygens (including phenoxy) is 1. The highest BCUT2D eigenvalue weighted by Gasteiger charge is 2.35. The topological polar surface area (TPSA) is 87.7 Å². The summed E-state index contributed by atoms with van der Waals surface area (Å²) in [7, 11) is 0. The van der Waals surface area contributed by atoms with Gasteiger partial charge in [-0.25, -0.2) is 14.0 Å². The number of carboxylic acid groups (broad SMARTS) is 1. The molecule has 1 heterocycles. The minimum Gasteiger partial charge on any atom is -0.487 e. The van der Waals surface area contributed by atoms with E-state index in [1.54, 1.807) is 18.2 Å². The predicted molar refractivity (Wildman–Crippen MR) is 141 cm³/mol. The molecule has 0 aliphatic carbocycles. The van der Waals surface area contributed by atoms with E-state index < -0.39 is 17.8 Å². The van der Waals surface area contributed by atoms with Crippen molar-refractivity contribution in [3.05, 3.63) is 113 Å². The van der Waals surface area contributed by atoms with Crippen LogP contribution in [0.3, 0.4) is 0 Å². The molecule has 0 saturated heterocycles. The number of aryl methyl sites for hydroxylation is 1. The van der Waals surface area contributed by atoms with Crippen LogP contribution >= 0.6 is 0 Å². The molecule has 5 rings (SSSR count). The molecule has 0 saturated carbocycles. The number of aromatic carboxylic acids is 1. The average molecular weight is 497 g/mol. The van der Waals surface area contributed by atoms with Gasteiger partial charge in [0.15, 0.2) is 0 Å². The Morgan fingerprint density at radius 2 is 1.65 bits per heavy atom. The molecule has 0 radical (unpaired) electrons. The zero-order valence-electron chi connectivity index (χ0n) is 20.3. The van der Waals surface area contributed by atoms with Crippen molar-refractivity contribution >= 4 is 23.4 Å². The fourth-order valence-electron chi connectivity index (χ4n) is 4.74. The van der Waals surface area contributed by atoms with Gasteiger partial charge in [-0.15, -0.1) is 0 Å². The van der Waals surface area contributed by atoms with Crippen molar-refractivity contribution in [3.63, 3.8) is 0 Å². The Morgan fingerprint density at radius 3 is 2.35 bits per heavy atom. The van der Waals surface area contributed by atoms with Crippen LogP contribution in [0.25, 0.3) is 11.1 Å². The molecule has 37 heavy (non-hydrogen) atoms. The number of carbonyl (C=O) groups is 2. The lowest BCUT2D eigenvalue weighted by Crippen LogP contribution is -2.20. The Kier molecular flexibility index (Phi) is 6.36. The van der Waals surface area contributed by atoms with Crippen molar-refractivity contribution in [1.82, 2.24) is 0 Å². The number of fused-ring (bicyclic) bond motifs is 1. The Bertz CT molecular complexity index is 1490. The van der Waals surface area contributed by atoms with Gasteiger partial charge in [-0.05, 0) is 73.0 Å². The number of hydrogen-bond acceptors (Lipinski definition) is 3. The number of benzene rings is 4. The lowest BCUT2D eigenvalue weighted by Gasteiger charge is -2.16. The second kappa shape index (κ2) is 9.78. The van der Waals surface area contributed by atoms with Crippen LogP contribution in [0.5, 0.6) is 5.75 Å². The summed E-state index contributed by atoms with van der Waals surface area (Å²) in [5.74, 6) is -1.40. The zero-order chi connectivity index (χ0) is 26.1. The monoisotopic (exact) mass is 496 g/mol. The molecule has 0 bridgehead atoms. The fraction of sp³-hybridized carbons (Fsp3) is 0.133. The lowest BCUT2D eigenvalue weighted by molar-refractivity contribution is 0.0697. The standard InChI is InChI=1S/C30H25FN2O4/c1-17-8-11-22(12-9-17)32-30(36)33-26-15-20(24-16-21(31)10-13-23(24)29(34)35)14-25-27(18(2)37-28(25)26)19-6-4-3-5-7-19/h3-16,18,27H,1-2H3,(H,34,35)(H2,32,33,36)/t18-,27-/m0/s1. The average Bonchev–Trinajstić information content (AvgIpc) is 3.21. The van der Waals surface area contributed by atoms with Gasteiger partial charge in [-0.1, -0.05) is 48.0 Å². The van der Waals surface area contributed by atoms with Crippen LogP contribution in [0.2, 0.25) is 0 Å². The van der Waals surface area contributed by atoms with Crippen LogP contribution in [0, 0.1) is 12.7 Å². The summed E-state index contributed by atoms with van der Waals surface area (Å²) in [5.41, 5.74) is 4.47. The van der Waals surface area contributed by atoms with E-state index in [-0.39, 0.29) is 23.1 Å². The number of hydrogen-bond donors (Lipinski definition) is 3. The normalized spacial score (nSPS) is 16.0. The summed E-state index contributed by atoms with van der Waals surface area (Å²) in [6.07, 6.45) is -0.250. The molecule has 2 amide bonds. The van der Waals surface area contributed by atoms with Crippen LogP contribution in [0.4, 0.5) is 20.6 Å². The van der Waals surface area contributed by atoms with Crippen molar-refractivity contribution in [2.75, 3.05) is 10.6 Å². The molecule has 0 fully saturated rings. The third-order valence-corrected chi connectivity index (χ3v) is 6.47. The van der Waals surface area contributed by atoms with Crippen molar-refractivity contribution < 1.29 is 23.8 Å². The number of nitrogens with one attached hydrogen (secondary N) is 2. The van der Waals surface area contributed by atoms with Crippen molar-refractivity contribution in [3.8, 4) is 16.9 Å². The van der Waals surface area contributed by atoms with Gasteiger partial charge < -0.3 is 20.5 Å². The highest BCUT2D eigenvalue weighted by Crippen LogP contribution is 2.48. The number of amides is 2. The number of carboxylic acids is 1. The third kappa shape index (κ3) is 4.89. The summed E-state index contributed by atoms with van der Waals surface area (Å²) in [6.45, 7) is 3.90. The van der Waals surface area contributed by atoms with E-state index in [1.807, 2.05) is 62.4 Å². The highest BCUT2D eigenvalue weighted by atomic mass is 19.1. The summed E-state index contributed by atoms with van der Waals surface area (Å²) in [4.78, 5) is 24.9. The lowest BCUT2D eigenvalue weighted by atomic mass is 9.86. The maximum atomic E-state index is 14.3. The van der Waals surface area contributed by atoms with Crippen LogP contribution < -0.4 is 15.4 Å². The van der Waals surface area contributed by atoms with Crippen molar-refractivity contribution in [1.29, 1.82) is 0 Å². The molecule has 3 N–H and O–H groups in total. The van der Waals surface area contributed by atoms with Crippen LogP contribution in [0.1, 0.15) is 39.9 Å². The molecule has 1 aliphatic rings. The Balaban J connectivity index is 1.62. The third-order valence-electron chi connectivity index (χ3n) is 6.47. The number of urea groups is 1. The highest BCUT2D eigenvalue weighted by molar-refractivity contribution is 6.02. The number of rotatable bonds is 5. The van der Waals surface area contributed by atoms with Crippen LogP contribution in [0.15, 0.2) is 84.9 Å². The molecule has 0 spiro atoms. The van der Waals surface area contributed by atoms with Gasteiger partial charge in [0.25, 0.3) is 0 Å². The fourth-order valence-corrected chi connectivity index (χ4v) is 4.74. The first kappa shape index (κ1) is 24.1. The van der Waals surface area contributed by atoms with E-state index in [4.69, 9.17) is 4.74 Å². The largest absolute Gasteiger partial charge is 0.487 e. The van der Waals surface area contributed by atoms with Crippen molar-refractivity contribution in [2.24, 2.45) is 0 Å². The Labute approximate surface area is 213 Å². The SMILES string of the molecule is Cc1ccc(NC(=O)Nc2cc(-c3cc(F)ccc3C(=O)O)cc3c2O[C@@H](C)[C@H]3c2ccccc2)cc1. The van der Waals surface area contributed by atoms with Crippen LogP contribution in [-0.4, -0.2) is 23.2 Å². The molecule has 6 nitrogen and oxygen atoms in total. The van der Waals surface area contributed by atoms with Gasteiger partial charge in [0.1, 0.15) is 17.7 Å². The van der Waals surface area contributed by atoms with Gasteiger partial charge in [0.2, 0.25) is 0 Å². The van der Waals surface area contributed by atoms with Crippen LogP contribution in [-0.2, 0) is 0 Å². The van der Waals surface area contributed by atoms with E-state index in [2.05, 4.69) is 10.6 Å². The summed E-state index contributed by atoms with van der Waals surface area (Å²) in [5, 5.41) is 15.4. The van der Waals surface area contributed by atoms with Gasteiger partial charge in [0, 0.05) is 17.2 Å². The van der Waals surface area contributed by atoms with Gasteiger partial charge in [0.05, 0.1) is 11.3 Å². The second-order valence-corrected chi connectivity index (χ2v) is 9.09. The second-order valence-electron chi connectivity index (χ2n) is 9.09. The zero-order valence-corrected chi connectivity index (χ0v) is 20.3. The van der Waals surface area contributed by atoms with E-state index in [9.17, 15) is 19.1 Å². The molecule has 7 heteroatoms. The van der Waals surface area contributed by atoms with Crippen molar-refractivity contribution in [2.45, 2.75) is 25.9 Å². The van der Waals surface area contributed by atoms with E-state index in [0.717, 1.165) is 22.8 Å². The molecular formula is C30H25FN2O4. The first-order valence-electron chi connectivity index (χ1n) is 11.9. The van der Waals surface area contributed by atoms with E-state index >= 15 is 0 Å². The quantitative estimate of drug-likeness (QED) is 0.276. The molecule has 1 aliphatic heterocycles. The predicted octanol–water partition coefficient (Wildman–Crippen LogP) is 7.06. The molecule has 4 aromatic carbocycles. The molecule has 186 valence electrons.